The molecule has 0 aliphatic carbocycles. The first kappa shape index (κ1) is 27.1. The number of hydrogen-bond donors (Lipinski definition) is 1. The van der Waals surface area contributed by atoms with Crippen LogP contribution in [0.25, 0.3) is 0 Å². The van der Waals surface area contributed by atoms with E-state index in [0.717, 1.165) is 24.6 Å². The number of rotatable bonds is 8. The van der Waals surface area contributed by atoms with E-state index in [1.807, 2.05) is 29.2 Å². The van der Waals surface area contributed by atoms with Crippen LogP contribution in [0.15, 0.2) is 51.7 Å². The molecule has 3 aromatic rings. The zero-order chi connectivity index (χ0) is 27.4. The molecule has 38 heavy (non-hydrogen) atoms. The van der Waals surface area contributed by atoms with Crippen molar-refractivity contribution < 1.29 is 37.0 Å². The third-order valence-corrected chi connectivity index (χ3v) is 6.51. The average molecular weight is 533 g/mol. The fraction of sp³-hybridized carbons (Fsp3) is 0.333. The Balaban J connectivity index is 1.56. The molecule has 1 aliphatic heterocycles. The molecule has 2 heterocycles. The van der Waals surface area contributed by atoms with E-state index in [9.17, 15) is 27.9 Å². The first-order valence-corrected chi connectivity index (χ1v) is 11.9. The van der Waals surface area contributed by atoms with Crippen molar-refractivity contribution in [2.24, 2.45) is 0 Å². The molecule has 11 heteroatoms. The molecule has 202 valence electrons. The summed E-state index contributed by atoms with van der Waals surface area (Å²) in [5, 5.41) is 10.5. The summed E-state index contributed by atoms with van der Waals surface area (Å²) in [7, 11) is 2.72. The predicted octanol–water partition coefficient (Wildman–Crippen LogP) is 3.79. The fourth-order valence-corrected chi connectivity index (χ4v) is 4.43. The Hall–Kier alpha value is -3.99. The van der Waals surface area contributed by atoms with Crippen molar-refractivity contribution in [3.8, 4) is 11.5 Å². The summed E-state index contributed by atoms with van der Waals surface area (Å²) in [5.41, 5.74) is 0.0693. The highest BCUT2D eigenvalue weighted by molar-refractivity contribution is 5.71. The summed E-state index contributed by atoms with van der Waals surface area (Å²) in [6.07, 6.45) is -0.512. The molecule has 0 saturated carbocycles. The molecule has 4 rings (SSSR count). The molecule has 0 radical (unpaired) electrons. The number of methoxy groups -OCH3 is 2. The van der Waals surface area contributed by atoms with Crippen LogP contribution < -0.4 is 15.1 Å². The van der Waals surface area contributed by atoms with Crippen LogP contribution >= 0.6 is 0 Å². The lowest BCUT2D eigenvalue weighted by atomic mass is 9.92. The van der Waals surface area contributed by atoms with Gasteiger partial charge in [-0.25, -0.2) is 13.2 Å². The van der Waals surface area contributed by atoms with E-state index in [4.69, 9.17) is 9.15 Å². The number of ether oxygens (including phenoxy) is 2. The van der Waals surface area contributed by atoms with Gasteiger partial charge in [-0.15, -0.1) is 0 Å². The van der Waals surface area contributed by atoms with Crippen molar-refractivity contribution >= 4 is 11.7 Å². The van der Waals surface area contributed by atoms with Crippen LogP contribution in [0.1, 0.15) is 29.4 Å². The lowest BCUT2D eigenvalue weighted by Gasteiger charge is -2.36. The second kappa shape index (κ2) is 11.6. The number of anilines is 1. The van der Waals surface area contributed by atoms with Gasteiger partial charge in [0.1, 0.15) is 11.5 Å². The number of esters is 1. The monoisotopic (exact) mass is 532 g/mol. The fourth-order valence-electron chi connectivity index (χ4n) is 4.43. The molecule has 1 N–H and O–H groups in total. The summed E-state index contributed by atoms with van der Waals surface area (Å²) in [5.74, 6) is -6.95. The van der Waals surface area contributed by atoms with Crippen LogP contribution in [0.5, 0.6) is 11.5 Å². The summed E-state index contributed by atoms with van der Waals surface area (Å²) >= 11 is 0. The molecule has 2 aromatic carbocycles. The molecule has 8 nitrogen and oxygen atoms in total. The zero-order valence-corrected chi connectivity index (χ0v) is 20.9. The van der Waals surface area contributed by atoms with E-state index in [-0.39, 0.29) is 23.6 Å². The Morgan fingerprint density at radius 3 is 2.24 bits per heavy atom. The van der Waals surface area contributed by atoms with Crippen LogP contribution in [0.4, 0.5) is 18.9 Å². The van der Waals surface area contributed by atoms with Crippen LogP contribution in [-0.2, 0) is 16.1 Å². The number of aromatic hydroxyl groups is 1. The first-order chi connectivity index (χ1) is 18.2. The van der Waals surface area contributed by atoms with Gasteiger partial charge < -0.3 is 23.9 Å². The molecule has 1 unspecified atom stereocenters. The number of halogens is 3. The number of benzene rings is 2. The van der Waals surface area contributed by atoms with Crippen LogP contribution in [-0.4, -0.2) is 56.4 Å². The van der Waals surface area contributed by atoms with Crippen LogP contribution in [0.3, 0.4) is 0 Å². The van der Waals surface area contributed by atoms with Gasteiger partial charge in [0.25, 0.3) is 0 Å². The van der Waals surface area contributed by atoms with Gasteiger partial charge in [0.05, 0.1) is 33.1 Å². The highest BCUT2D eigenvalue weighted by Crippen LogP contribution is 2.35. The van der Waals surface area contributed by atoms with Crippen molar-refractivity contribution in [1.82, 2.24) is 4.90 Å². The molecular weight excluding hydrogens is 505 g/mol. The predicted molar refractivity (Wildman–Crippen MR) is 132 cm³/mol. The highest BCUT2D eigenvalue weighted by atomic mass is 19.2. The molecule has 0 spiro atoms. The van der Waals surface area contributed by atoms with Crippen molar-refractivity contribution in [3.05, 3.63) is 87.2 Å². The molecule has 1 aromatic heterocycles. The Kier molecular flexibility index (Phi) is 8.26. The summed E-state index contributed by atoms with van der Waals surface area (Å²) in [4.78, 5) is 28.9. The third kappa shape index (κ3) is 5.94. The zero-order valence-electron chi connectivity index (χ0n) is 20.9. The average Bonchev–Trinajstić information content (AvgIpc) is 2.92. The SMILES string of the molecule is COC(=O)CC(c1cc(F)c(F)c(F)c1)c1oc(CN2CCN(c3ccc(OC)cc3)CC2)cc(=O)c1O. The van der Waals surface area contributed by atoms with Gasteiger partial charge in [0, 0.05) is 37.9 Å². The van der Waals surface area contributed by atoms with E-state index in [1.54, 1.807) is 7.11 Å². The van der Waals surface area contributed by atoms with Gasteiger partial charge in [-0.3, -0.25) is 14.5 Å². The van der Waals surface area contributed by atoms with Crippen molar-refractivity contribution in [3.63, 3.8) is 0 Å². The third-order valence-electron chi connectivity index (χ3n) is 6.51. The standard InChI is InChI=1S/C27H27F3N2O6/c1-36-18-5-3-17(4-6-18)32-9-7-31(8-10-32)15-19-13-23(33)26(35)27(38-19)20(14-24(34)37-2)16-11-21(28)25(30)22(29)12-16/h3-6,11-13,20,35H,7-10,14-15H2,1-2H3. The number of hydrogen-bond acceptors (Lipinski definition) is 8. The van der Waals surface area contributed by atoms with E-state index in [2.05, 4.69) is 9.64 Å². The van der Waals surface area contributed by atoms with Gasteiger partial charge in [-0.2, -0.15) is 0 Å². The number of piperazine rings is 1. The first-order valence-electron chi connectivity index (χ1n) is 11.9. The van der Waals surface area contributed by atoms with E-state index >= 15 is 0 Å². The van der Waals surface area contributed by atoms with Gasteiger partial charge >= 0.3 is 5.97 Å². The normalized spacial score (nSPS) is 14.8. The summed E-state index contributed by atoms with van der Waals surface area (Å²) in [6, 6.07) is 10.2. The minimum atomic E-state index is -1.68. The second-order valence-corrected chi connectivity index (χ2v) is 8.88. The topological polar surface area (TPSA) is 92.5 Å². The lowest BCUT2D eigenvalue weighted by Crippen LogP contribution is -2.46. The maximum absolute atomic E-state index is 14.0. The molecule has 1 atom stereocenters. The van der Waals surface area contributed by atoms with Crippen molar-refractivity contribution in [2.45, 2.75) is 18.9 Å². The quantitative estimate of drug-likeness (QED) is 0.346. The smallest absolute Gasteiger partial charge is 0.306 e. The van der Waals surface area contributed by atoms with Crippen molar-refractivity contribution in [2.75, 3.05) is 45.3 Å². The van der Waals surface area contributed by atoms with Crippen LogP contribution in [0, 0.1) is 17.5 Å². The lowest BCUT2D eigenvalue weighted by molar-refractivity contribution is -0.140. The Morgan fingerprint density at radius 2 is 1.66 bits per heavy atom. The molecule has 1 fully saturated rings. The van der Waals surface area contributed by atoms with Gasteiger partial charge in [-0.05, 0) is 42.0 Å². The van der Waals surface area contributed by atoms with Gasteiger partial charge in [0.2, 0.25) is 11.2 Å². The largest absolute Gasteiger partial charge is 0.502 e. The van der Waals surface area contributed by atoms with Crippen molar-refractivity contribution in [1.29, 1.82) is 0 Å². The Labute approximate surface area is 216 Å². The summed E-state index contributed by atoms with van der Waals surface area (Å²) in [6.45, 7) is 2.93. The van der Waals surface area contributed by atoms with E-state index < -0.39 is 46.9 Å². The molecule has 1 saturated heterocycles. The maximum Gasteiger partial charge on any atom is 0.306 e. The van der Waals surface area contributed by atoms with E-state index in [1.165, 1.54) is 0 Å². The van der Waals surface area contributed by atoms with Gasteiger partial charge in [-0.1, -0.05) is 0 Å². The molecular formula is C27H27F3N2O6. The molecule has 1 aliphatic rings. The minimum Gasteiger partial charge on any atom is -0.502 e. The number of carbonyl (C=O) groups is 1. The van der Waals surface area contributed by atoms with E-state index in [0.29, 0.717) is 38.3 Å². The number of nitrogens with zero attached hydrogens (tertiary/aromatic N) is 2. The Bertz CT molecular complexity index is 1330. The van der Waals surface area contributed by atoms with Gasteiger partial charge in [0.15, 0.2) is 23.2 Å². The number of carbonyl (C=O) groups excluding carboxylic acids is 1. The highest BCUT2D eigenvalue weighted by Gasteiger charge is 2.29. The second-order valence-electron chi connectivity index (χ2n) is 8.88. The maximum atomic E-state index is 14.0. The van der Waals surface area contributed by atoms with Crippen LogP contribution in [0.2, 0.25) is 0 Å². The molecule has 0 bridgehead atoms. The Morgan fingerprint density at radius 1 is 1.03 bits per heavy atom. The molecule has 0 amide bonds. The minimum absolute atomic E-state index is 0.193. The summed E-state index contributed by atoms with van der Waals surface area (Å²) < 4.78 is 57.2.